The molecule has 1 aliphatic rings. The molecule has 2 aromatic rings. The highest BCUT2D eigenvalue weighted by Crippen LogP contribution is 2.27. The molecule has 1 aromatic carbocycles. The van der Waals surface area contributed by atoms with E-state index >= 15 is 0 Å². The zero-order valence-corrected chi connectivity index (χ0v) is 11.7. The fourth-order valence-electron chi connectivity index (χ4n) is 1.73. The molecule has 1 aromatic heterocycles. The van der Waals surface area contributed by atoms with Gasteiger partial charge in [0.05, 0.1) is 23.4 Å². The number of rotatable bonds is 2. The summed E-state index contributed by atoms with van der Waals surface area (Å²) in [6.45, 7) is 0. The van der Waals surface area contributed by atoms with Crippen molar-refractivity contribution in [3.63, 3.8) is 0 Å². The van der Waals surface area contributed by atoms with Crippen LogP contribution in [0.15, 0.2) is 41.0 Å². The fraction of sp³-hybridized carbons (Fsp3) is 0.0769. The molecular formula is C13H10N4O3S. The lowest BCUT2D eigenvalue weighted by Crippen LogP contribution is -2.24. The first kappa shape index (κ1) is 13.3. The second kappa shape index (κ2) is 5.33. The quantitative estimate of drug-likeness (QED) is 0.639. The van der Waals surface area contributed by atoms with Gasteiger partial charge in [-0.05, 0) is 12.1 Å². The molecule has 1 amide bonds. The second-order valence-corrected chi connectivity index (χ2v) is 5.09. The number of hydrogen-bond donors (Lipinski definition) is 2. The number of ether oxygens (including phenoxy) is 1. The maximum Gasteiger partial charge on any atom is 0.332 e. The van der Waals surface area contributed by atoms with Crippen LogP contribution in [0, 0.1) is 0 Å². The van der Waals surface area contributed by atoms with Crippen LogP contribution in [0.4, 0.5) is 5.13 Å². The van der Waals surface area contributed by atoms with E-state index in [2.05, 4.69) is 25.3 Å². The number of fused-ring (bicyclic) bond motifs is 1. The average molecular weight is 302 g/mol. The van der Waals surface area contributed by atoms with Crippen molar-refractivity contribution < 1.29 is 14.3 Å². The molecule has 0 saturated carbocycles. The number of carbonyl (C=O) groups excluding carboxylic acids is 2. The first-order chi connectivity index (χ1) is 10.2. The molecule has 106 valence electrons. The summed E-state index contributed by atoms with van der Waals surface area (Å²) in [7, 11) is 1.24. The van der Waals surface area contributed by atoms with Crippen LogP contribution < -0.4 is 10.6 Å². The highest BCUT2D eigenvalue weighted by molar-refractivity contribution is 7.22. The van der Waals surface area contributed by atoms with Crippen molar-refractivity contribution in [2.45, 2.75) is 0 Å². The molecule has 0 spiro atoms. The number of esters is 1. The van der Waals surface area contributed by atoms with Crippen LogP contribution in [0.1, 0.15) is 0 Å². The van der Waals surface area contributed by atoms with Crippen LogP contribution >= 0.6 is 11.3 Å². The number of methoxy groups -OCH3 is 1. The Balaban J connectivity index is 1.86. The van der Waals surface area contributed by atoms with E-state index < -0.39 is 11.9 Å². The highest BCUT2D eigenvalue weighted by atomic mass is 32.1. The molecule has 8 heteroatoms. The van der Waals surface area contributed by atoms with Crippen molar-refractivity contribution in [3.8, 4) is 0 Å². The van der Waals surface area contributed by atoms with Gasteiger partial charge >= 0.3 is 5.97 Å². The van der Waals surface area contributed by atoms with Crippen molar-refractivity contribution in [1.82, 2.24) is 15.6 Å². The summed E-state index contributed by atoms with van der Waals surface area (Å²) in [5.41, 5.74) is 0.929. The van der Waals surface area contributed by atoms with Crippen LogP contribution in [0.25, 0.3) is 10.2 Å². The molecule has 1 fully saturated rings. The van der Waals surface area contributed by atoms with E-state index in [1.807, 2.05) is 24.3 Å². The van der Waals surface area contributed by atoms with Gasteiger partial charge in [-0.2, -0.15) is 4.99 Å². The second-order valence-electron chi connectivity index (χ2n) is 4.08. The van der Waals surface area contributed by atoms with Crippen molar-refractivity contribution >= 4 is 44.5 Å². The third kappa shape index (κ3) is 2.75. The normalized spacial score (nSPS) is 18.0. The minimum Gasteiger partial charge on any atom is -0.466 e. The number of aliphatic imine (C=N–C) groups is 1. The molecule has 1 saturated heterocycles. The largest absolute Gasteiger partial charge is 0.466 e. The van der Waals surface area contributed by atoms with E-state index in [-0.39, 0.29) is 11.7 Å². The third-order valence-corrected chi connectivity index (χ3v) is 3.61. The van der Waals surface area contributed by atoms with Gasteiger partial charge in [-0.3, -0.25) is 10.1 Å². The number of para-hydroxylation sites is 1. The lowest BCUT2D eigenvalue weighted by Gasteiger charge is -1.94. The number of thiazole rings is 1. The zero-order valence-electron chi connectivity index (χ0n) is 10.9. The van der Waals surface area contributed by atoms with E-state index in [0.29, 0.717) is 5.13 Å². The Kier molecular flexibility index (Phi) is 3.36. The predicted octanol–water partition coefficient (Wildman–Crippen LogP) is 1.06. The Morgan fingerprint density at radius 2 is 2.19 bits per heavy atom. The fourth-order valence-corrected chi connectivity index (χ4v) is 2.57. The van der Waals surface area contributed by atoms with Gasteiger partial charge in [0.15, 0.2) is 0 Å². The van der Waals surface area contributed by atoms with Gasteiger partial charge in [0, 0.05) is 0 Å². The molecule has 2 N–H and O–H groups in total. The molecule has 1 aliphatic heterocycles. The Hall–Kier alpha value is -2.74. The molecule has 0 bridgehead atoms. The van der Waals surface area contributed by atoms with Gasteiger partial charge in [-0.1, -0.05) is 23.5 Å². The Bertz CT molecular complexity index is 761. The smallest absolute Gasteiger partial charge is 0.332 e. The van der Waals surface area contributed by atoms with E-state index in [1.54, 1.807) is 0 Å². The standard InChI is InChI=1S/C13H10N4O3S/c1-20-10(18)6-8-11(19)16-12(14-8)17-13-15-7-4-2-3-5-9(7)21-13/h2-6H,1H3,(H2,14,15,16,17,19)/b8-6-. The Labute approximate surface area is 123 Å². The lowest BCUT2D eigenvalue weighted by molar-refractivity contribution is -0.135. The molecule has 3 rings (SSSR count). The maximum atomic E-state index is 11.7. The first-order valence-corrected chi connectivity index (χ1v) is 6.79. The number of benzene rings is 1. The van der Waals surface area contributed by atoms with Gasteiger partial charge < -0.3 is 10.1 Å². The topological polar surface area (TPSA) is 92.7 Å². The van der Waals surface area contributed by atoms with Crippen LogP contribution in [-0.4, -0.2) is 29.9 Å². The maximum absolute atomic E-state index is 11.7. The summed E-state index contributed by atoms with van der Waals surface area (Å²) in [4.78, 5) is 31.3. The van der Waals surface area contributed by atoms with Crippen molar-refractivity contribution in [1.29, 1.82) is 0 Å². The van der Waals surface area contributed by atoms with Gasteiger partial charge in [0.1, 0.15) is 5.70 Å². The van der Waals surface area contributed by atoms with Crippen LogP contribution in [0.3, 0.4) is 0 Å². The number of nitrogens with one attached hydrogen (secondary N) is 2. The molecule has 0 unspecified atom stereocenters. The summed E-state index contributed by atoms with van der Waals surface area (Å²) >= 11 is 1.40. The SMILES string of the molecule is COC(=O)/C=C1\N/C(=N/c2nc3ccccc3s2)NC1=O. The monoisotopic (exact) mass is 302 g/mol. The number of hydrogen-bond acceptors (Lipinski definition) is 6. The number of aromatic nitrogens is 1. The summed E-state index contributed by atoms with van der Waals surface area (Å²) < 4.78 is 5.47. The van der Waals surface area contributed by atoms with Gasteiger partial charge in [0.2, 0.25) is 11.1 Å². The van der Waals surface area contributed by atoms with E-state index in [9.17, 15) is 9.59 Å². The molecule has 0 atom stereocenters. The van der Waals surface area contributed by atoms with Crippen molar-refractivity contribution in [2.24, 2.45) is 4.99 Å². The number of carbonyl (C=O) groups is 2. The predicted molar refractivity (Wildman–Crippen MR) is 78.1 cm³/mol. The minimum atomic E-state index is -0.617. The Morgan fingerprint density at radius 1 is 1.38 bits per heavy atom. The number of amides is 1. The van der Waals surface area contributed by atoms with Crippen molar-refractivity contribution in [3.05, 3.63) is 36.0 Å². The van der Waals surface area contributed by atoms with Gasteiger partial charge in [-0.25, -0.2) is 9.78 Å². The summed E-state index contributed by atoms with van der Waals surface area (Å²) in [6, 6.07) is 7.65. The van der Waals surface area contributed by atoms with Gasteiger partial charge in [0.25, 0.3) is 5.91 Å². The summed E-state index contributed by atoms with van der Waals surface area (Å²) in [6.07, 6.45) is 1.07. The number of nitrogens with zero attached hydrogens (tertiary/aromatic N) is 2. The minimum absolute atomic E-state index is 0.0849. The van der Waals surface area contributed by atoms with E-state index in [4.69, 9.17) is 0 Å². The molecule has 0 radical (unpaired) electrons. The summed E-state index contributed by atoms with van der Waals surface area (Å²) in [5.74, 6) is -0.830. The van der Waals surface area contributed by atoms with Gasteiger partial charge in [-0.15, -0.1) is 0 Å². The molecule has 21 heavy (non-hydrogen) atoms. The third-order valence-electron chi connectivity index (χ3n) is 2.68. The molecule has 0 aliphatic carbocycles. The molecule has 2 heterocycles. The summed E-state index contributed by atoms with van der Waals surface area (Å²) in [5, 5.41) is 5.74. The highest BCUT2D eigenvalue weighted by Gasteiger charge is 2.23. The van der Waals surface area contributed by atoms with E-state index in [1.165, 1.54) is 18.4 Å². The van der Waals surface area contributed by atoms with Crippen molar-refractivity contribution in [2.75, 3.05) is 7.11 Å². The average Bonchev–Trinajstić information content (AvgIpc) is 3.02. The number of guanidine groups is 1. The lowest BCUT2D eigenvalue weighted by atomic mass is 10.3. The van der Waals surface area contributed by atoms with Crippen LogP contribution in [-0.2, 0) is 14.3 Å². The molecule has 7 nitrogen and oxygen atoms in total. The Morgan fingerprint density at radius 3 is 2.95 bits per heavy atom. The molecular weight excluding hydrogens is 292 g/mol. The first-order valence-electron chi connectivity index (χ1n) is 5.98. The van der Waals surface area contributed by atoms with E-state index in [0.717, 1.165) is 16.3 Å². The van der Waals surface area contributed by atoms with Crippen LogP contribution in [0.2, 0.25) is 0 Å². The van der Waals surface area contributed by atoms with Crippen LogP contribution in [0.5, 0.6) is 0 Å². The zero-order chi connectivity index (χ0) is 14.8.